The largest absolute Gasteiger partial charge is 0.380 e. The monoisotopic (exact) mass is 232 g/mol. The maximum Gasteiger partial charge on any atom is 0.317 e. The molecule has 88 valence electrons. The maximum atomic E-state index is 11.1. The van der Waals surface area contributed by atoms with E-state index in [1.54, 1.807) is 36.7 Å². The Morgan fingerprint density at radius 1 is 1.47 bits per heavy atom. The number of nitro groups is 1. The molecule has 0 bridgehead atoms. The van der Waals surface area contributed by atoms with Gasteiger partial charge >= 0.3 is 5.69 Å². The van der Waals surface area contributed by atoms with E-state index in [2.05, 4.69) is 10.4 Å². The first-order chi connectivity index (χ1) is 8.24. The minimum Gasteiger partial charge on any atom is -0.380 e. The van der Waals surface area contributed by atoms with Crippen molar-refractivity contribution in [3.63, 3.8) is 0 Å². The van der Waals surface area contributed by atoms with Crippen molar-refractivity contribution < 1.29 is 4.92 Å². The van der Waals surface area contributed by atoms with Gasteiger partial charge in [0.2, 0.25) is 0 Å². The van der Waals surface area contributed by atoms with Gasteiger partial charge < -0.3 is 5.32 Å². The summed E-state index contributed by atoms with van der Waals surface area (Å²) in [5, 5.41) is 18.1. The van der Waals surface area contributed by atoms with Gasteiger partial charge in [-0.25, -0.2) is 4.68 Å². The second-order valence-electron chi connectivity index (χ2n) is 3.41. The van der Waals surface area contributed by atoms with Crippen LogP contribution in [-0.4, -0.2) is 21.2 Å². The lowest BCUT2D eigenvalue weighted by Gasteiger charge is -2.08. The van der Waals surface area contributed by atoms with E-state index in [0.29, 0.717) is 17.9 Å². The first-order valence-electron chi connectivity index (χ1n) is 5.25. The molecule has 0 saturated carbocycles. The SMILES string of the molecule is CCNc1cccc(-n2cccn2)c1[N+](=O)[O-]. The number of hydrogen-bond acceptors (Lipinski definition) is 4. The molecule has 1 heterocycles. The van der Waals surface area contributed by atoms with Crippen LogP contribution in [0.25, 0.3) is 5.69 Å². The fraction of sp³-hybridized carbons (Fsp3) is 0.182. The van der Waals surface area contributed by atoms with Crippen molar-refractivity contribution in [3.05, 3.63) is 46.8 Å². The summed E-state index contributed by atoms with van der Waals surface area (Å²) in [4.78, 5) is 10.7. The fourth-order valence-corrected chi connectivity index (χ4v) is 1.65. The Morgan fingerprint density at radius 2 is 2.29 bits per heavy atom. The van der Waals surface area contributed by atoms with E-state index in [4.69, 9.17) is 0 Å². The molecule has 0 spiro atoms. The second kappa shape index (κ2) is 4.65. The zero-order valence-corrected chi connectivity index (χ0v) is 9.33. The second-order valence-corrected chi connectivity index (χ2v) is 3.41. The summed E-state index contributed by atoms with van der Waals surface area (Å²) in [5.41, 5.74) is 1.00. The number of aromatic nitrogens is 2. The number of benzene rings is 1. The predicted octanol–water partition coefficient (Wildman–Crippen LogP) is 2.21. The Morgan fingerprint density at radius 3 is 2.88 bits per heavy atom. The van der Waals surface area contributed by atoms with Crippen LogP contribution >= 0.6 is 0 Å². The molecular formula is C11H12N4O2. The van der Waals surface area contributed by atoms with Gasteiger partial charge in [0.05, 0.1) is 4.92 Å². The topological polar surface area (TPSA) is 73.0 Å². The zero-order valence-electron chi connectivity index (χ0n) is 9.33. The molecule has 2 aromatic rings. The molecule has 0 radical (unpaired) electrons. The molecule has 6 nitrogen and oxygen atoms in total. The molecule has 1 aromatic heterocycles. The van der Waals surface area contributed by atoms with Gasteiger partial charge in [-0.2, -0.15) is 5.10 Å². The van der Waals surface area contributed by atoms with Gasteiger partial charge in [-0.3, -0.25) is 10.1 Å². The highest BCUT2D eigenvalue weighted by Crippen LogP contribution is 2.30. The number of nitro benzene ring substituents is 1. The van der Waals surface area contributed by atoms with E-state index in [0.717, 1.165) is 0 Å². The van der Waals surface area contributed by atoms with Gasteiger partial charge in [0.25, 0.3) is 0 Å². The highest BCUT2D eigenvalue weighted by Gasteiger charge is 2.20. The normalized spacial score (nSPS) is 10.2. The molecule has 0 fully saturated rings. The molecule has 0 amide bonds. The molecule has 0 saturated heterocycles. The third kappa shape index (κ3) is 2.10. The van der Waals surface area contributed by atoms with Crippen molar-refractivity contribution in [1.29, 1.82) is 0 Å². The standard InChI is InChI=1S/C11H12N4O2/c1-2-12-9-5-3-6-10(11(9)15(16)17)14-8-4-7-13-14/h3-8,12H,2H2,1H3. The Labute approximate surface area is 98.0 Å². The fourth-order valence-electron chi connectivity index (χ4n) is 1.65. The molecule has 0 aliphatic carbocycles. The maximum absolute atomic E-state index is 11.1. The van der Waals surface area contributed by atoms with Gasteiger partial charge in [0.1, 0.15) is 11.4 Å². The van der Waals surface area contributed by atoms with E-state index < -0.39 is 4.92 Å². The minimum absolute atomic E-state index is 0.0399. The molecule has 0 aliphatic heterocycles. The Balaban J connectivity index is 2.59. The predicted molar refractivity (Wildman–Crippen MR) is 64.4 cm³/mol. The van der Waals surface area contributed by atoms with E-state index in [9.17, 15) is 10.1 Å². The molecular weight excluding hydrogens is 220 g/mol. The zero-order chi connectivity index (χ0) is 12.3. The van der Waals surface area contributed by atoms with Crippen LogP contribution in [0.1, 0.15) is 6.92 Å². The van der Waals surface area contributed by atoms with Crippen LogP contribution in [0.2, 0.25) is 0 Å². The Hall–Kier alpha value is -2.37. The van der Waals surface area contributed by atoms with Crippen LogP contribution in [0.4, 0.5) is 11.4 Å². The van der Waals surface area contributed by atoms with E-state index in [-0.39, 0.29) is 5.69 Å². The summed E-state index contributed by atoms with van der Waals surface area (Å²) in [6.45, 7) is 2.52. The lowest BCUT2D eigenvalue weighted by molar-refractivity contribution is -0.383. The van der Waals surface area contributed by atoms with Crippen LogP contribution in [-0.2, 0) is 0 Å². The van der Waals surface area contributed by atoms with Crippen molar-refractivity contribution >= 4 is 11.4 Å². The summed E-state index contributed by atoms with van der Waals surface area (Å²) in [6, 6.07) is 6.85. The molecule has 1 N–H and O–H groups in total. The number of rotatable bonds is 4. The van der Waals surface area contributed by atoms with Crippen molar-refractivity contribution in [2.75, 3.05) is 11.9 Å². The minimum atomic E-state index is -0.394. The molecule has 0 atom stereocenters. The van der Waals surface area contributed by atoms with Gasteiger partial charge in [-0.1, -0.05) is 6.07 Å². The van der Waals surface area contributed by atoms with Gasteiger partial charge in [0.15, 0.2) is 0 Å². The lowest BCUT2D eigenvalue weighted by Crippen LogP contribution is -2.06. The van der Waals surface area contributed by atoms with Crippen LogP contribution in [0.15, 0.2) is 36.7 Å². The smallest absolute Gasteiger partial charge is 0.317 e. The van der Waals surface area contributed by atoms with Crippen molar-refractivity contribution in [3.8, 4) is 5.69 Å². The third-order valence-electron chi connectivity index (χ3n) is 2.32. The quantitative estimate of drug-likeness (QED) is 0.648. The Kier molecular flexibility index (Phi) is 3.04. The van der Waals surface area contributed by atoms with Crippen molar-refractivity contribution in [1.82, 2.24) is 9.78 Å². The molecule has 1 aromatic carbocycles. The number of hydrogen-bond donors (Lipinski definition) is 1. The van der Waals surface area contributed by atoms with E-state index >= 15 is 0 Å². The summed E-state index contributed by atoms with van der Waals surface area (Å²) >= 11 is 0. The van der Waals surface area contributed by atoms with Gasteiger partial charge in [-0.15, -0.1) is 0 Å². The van der Waals surface area contributed by atoms with Crippen LogP contribution in [0, 0.1) is 10.1 Å². The summed E-state index contributed by atoms with van der Waals surface area (Å²) in [6.07, 6.45) is 3.27. The molecule has 17 heavy (non-hydrogen) atoms. The van der Waals surface area contributed by atoms with E-state index in [1.807, 2.05) is 6.92 Å². The van der Waals surface area contributed by atoms with E-state index in [1.165, 1.54) is 4.68 Å². The number of nitrogens with zero attached hydrogens (tertiary/aromatic N) is 3. The van der Waals surface area contributed by atoms with Crippen LogP contribution < -0.4 is 5.32 Å². The average Bonchev–Trinajstić information content (AvgIpc) is 2.82. The summed E-state index contributed by atoms with van der Waals surface area (Å²) in [7, 11) is 0. The molecule has 0 aliphatic rings. The number of para-hydroxylation sites is 1. The van der Waals surface area contributed by atoms with Gasteiger partial charge in [0, 0.05) is 18.9 Å². The first kappa shape index (κ1) is 11.1. The number of anilines is 1. The highest BCUT2D eigenvalue weighted by atomic mass is 16.6. The van der Waals surface area contributed by atoms with Crippen LogP contribution in [0.3, 0.4) is 0 Å². The Bertz CT molecular complexity index is 522. The summed E-state index contributed by atoms with van der Waals surface area (Å²) in [5.74, 6) is 0. The van der Waals surface area contributed by atoms with Crippen molar-refractivity contribution in [2.45, 2.75) is 6.92 Å². The summed E-state index contributed by atoms with van der Waals surface area (Å²) < 4.78 is 1.49. The first-order valence-corrected chi connectivity index (χ1v) is 5.25. The highest BCUT2D eigenvalue weighted by molar-refractivity contribution is 5.70. The molecule has 0 unspecified atom stereocenters. The van der Waals surface area contributed by atoms with Crippen LogP contribution in [0.5, 0.6) is 0 Å². The third-order valence-corrected chi connectivity index (χ3v) is 2.32. The molecule has 2 rings (SSSR count). The lowest BCUT2D eigenvalue weighted by atomic mass is 10.2. The number of nitrogens with one attached hydrogen (secondary N) is 1. The average molecular weight is 232 g/mol. The molecule has 6 heteroatoms. The van der Waals surface area contributed by atoms with Crippen molar-refractivity contribution in [2.24, 2.45) is 0 Å². The van der Waals surface area contributed by atoms with Gasteiger partial charge in [-0.05, 0) is 25.1 Å².